The fraction of sp³-hybridized carbons (Fsp3) is 0.100. The number of hydrogen-bond acceptors (Lipinski definition) is 4. The molecule has 0 saturated heterocycles. The van der Waals surface area contributed by atoms with Crippen LogP contribution in [0.3, 0.4) is 0 Å². The molecule has 16 heavy (non-hydrogen) atoms. The lowest BCUT2D eigenvalue weighted by atomic mass is 10.1. The number of aromatic nitrogens is 2. The molecule has 2 aromatic rings. The lowest BCUT2D eigenvalue weighted by Gasteiger charge is -2.00. The first kappa shape index (κ1) is 10.8. The van der Waals surface area contributed by atoms with Crippen molar-refractivity contribution in [1.82, 2.24) is 10.1 Å². The largest absolute Gasteiger partial charge is 0.475 e. The lowest BCUT2D eigenvalue weighted by Crippen LogP contribution is -1.98. The molecule has 1 aromatic carbocycles. The molecule has 0 unspecified atom stereocenters. The topological polar surface area (TPSA) is 76.2 Å². The van der Waals surface area contributed by atoms with Crippen molar-refractivity contribution < 1.29 is 14.4 Å². The number of hydrogen-bond donors (Lipinski definition) is 1. The van der Waals surface area contributed by atoms with Crippen LogP contribution in [0.1, 0.15) is 16.2 Å². The van der Waals surface area contributed by atoms with Gasteiger partial charge in [-0.15, -0.1) is 0 Å². The average molecular weight is 283 g/mol. The highest BCUT2D eigenvalue weighted by atomic mass is 79.9. The van der Waals surface area contributed by atoms with Gasteiger partial charge >= 0.3 is 5.97 Å². The van der Waals surface area contributed by atoms with Gasteiger partial charge in [0, 0.05) is 10.0 Å². The zero-order valence-corrected chi connectivity index (χ0v) is 9.85. The second-order valence-electron chi connectivity index (χ2n) is 3.19. The fourth-order valence-electron chi connectivity index (χ4n) is 1.29. The number of nitrogens with zero attached hydrogens (tertiary/aromatic N) is 2. The van der Waals surface area contributed by atoms with Gasteiger partial charge in [0.2, 0.25) is 0 Å². The highest BCUT2D eigenvalue weighted by molar-refractivity contribution is 9.10. The van der Waals surface area contributed by atoms with Crippen molar-refractivity contribution in [3.8, 4) is 11.5 Å². The minimum atomic E-state index is -1.20. The Morgan fingerprint density at radius 2 is 2.25 bits per heavy atom. The van der Waals surface area contributed by atoms with Crippen molar-refractivity contribution >= 4 is 21.9 Å². The highest BCUT2D eigenvalue weighted by Crippen LogP contribution is 2.24. The van der Waals surface area contributed by atoms with Crippen molar-refractivity contribution in [2.24, 2.45) is 0 Å². The van der Waals surface area contributed by atoms with Crippen molar-refractivity contribution in [2.75, 3.05) is 0 Å². The number of benzene rings is 1. The van der Waals surface area contributed by atoms with Crippen molar-refractivity contribution in [2.45, 2.75) is 6.92 Å². The van der Waals surface area contributed by atoms with E-state index in [1.165, 1.54) is 0 Å². The van der Waals surface area contributed by atoms with Gasteiger partial charge in [-0.2, -0.15) is 4.98 Å². The first-order valence-corrected chi connectivity index (χ1v) is 5.21. The van der Waals surface area contributed by atoms with E-state index >= 15 is 0 Å². The molecule has 1 aromatic heterocycles. The predicted octanol–water partition coefficient (Wildman–Crippen LogP) is 2.51. The maximum absolute atomic E-state index is 10.6. The molecule has 0 fully saturated rings. The van der Waals surface area contributed by atoms with Crippen LogP contribution in [0.4, 0.5) is 0 Å². The molecule has 2 rings (SSSR count). The summed E-state index contributed by atoms with van der Waals surface area (Å²) < 4.78 is 5.81. The maximum Gasteiger partial charge on any atom is 0.377 e. The smallest absolute Gasteiger partial charge is 0.377 e. The minimum Gasteiger partial charge on any atom is -0.475 e. The monoisotopic (exact) mass is 282 g/mol. The molecule has 0 aliphatic rings. The van der Waals surface area contributed by atoms with E-state index in [-0.39, 0.29) is 11.7 Å². The number of halogens is 1. The number of aromatic carboxylic acids is 1. The SMILES string of the molecule is Cc1cc(Br)ccc1-c1nc(C(=O)O)no1. The van der Waals surface area contributed by atoms with Crippen LogP contribution in [0, 0.1) is 6.92 Å². The Kier molecular flexibility index (Phi) is 2.74. The summed E-state index contributed by atoms with van der Waals surface area (Å²) in [5.41, 5.74) is 1.65. The molecule has 1 heterocycles. The summed E-state index contributed by atoms with van der Waals surface area (Å²) in [6.07, 6.45) is 0. The van der Waals surface area contributed by atoms with Gasteiger partial charge in [0.25, 0.3) is 11.7 Å². The number of rotatable bonds is 2. The molecule has 82 valence electrons. The Bertz CT molecular complexity index is 551. The number of aryl methyl sites for hydroxylation is 1. The van der Waals surface area contributed by atoms with E-state index in [0.717, 1.165) is 15.6 Å². The summed E-state index contributed by atoms with van der Waals surface area (Å²) in [7, 11) is 0. The van der Waals surface area contributed by atoms with Crippen LogP contribution in [-0.2, 0) is 0 Å². The van der Waals surface area contributed by atoms with Crippen LogP contribution in [0.25, 0.3) is 11.5 Å². The third kappa shape index (κ3) is 1.96. The molecule has 0 atom stereocenters. The summed E-state index contributed by atoms with van der Waals surface area (Å²) >= 11 is 3.34. The first-order valence-electron chi connectivity index (χ1n) is 4.41. The van der Waals surface area contributed by atoms with Gasteiger partial charge in [-0.05, 0) is 35.8 Å². The molecule has 0 aliphatic carbocycles. The number of carboxylic acid groups (broad SMARTS) is 1. The van der Waals surface area contributed by atoms with Crippen molar-refractivity contribution in [3.63, 3.8) is 0 Å². The molecule has 6 heteroatoms. The zero-order chi connectivity index (χ0) is 11.7. The Hall–Kier alpha value is -1.69. The Balaban J connectivity index is 2.46. The number of carboxylic acids is 1. The molecule has 0 aliphatic heterocycles. The van der Waals surface area contributed by atoms with Gasteiger partial charge in [-0.1, -0.05) is 15.9 Å². The fourth-order valence-corrected chi connectivity index (χ4v) is 1.76. The predicted molar refractivity (Wildman–Crippen MR) is 59.1 cm³/mol. The van der Waals surface area contributed by atoms with Gasteiger partial charge in [-0.25, -0.2) is 4.79 Å². The van der Waals surface area contributed by atoms with Crippen LogP contribution < -0.4 is 0 Å². The minimum absolute atomic E-state index is 0.211. The van der Waals surface area contributed by atoms with E-state index in [4.69, 9.17) is 9.63 Å². The van der Waals surface area contributed by atoms with E-state index < -0.39 is 5.97 Å². The van der Waals surface area contributed by atoms with Crippen LogP contribution in [0.2, 0.25) is 0 Å². The summed E-state index contributed by atoms with van der Waals surface area (Å²) in [5, 5.41) is 12.0. The maximum atomic E-state index is 10.6. The molecule has 0 spiro atoms. The van der Waals surface area contributed by atoms with Crippen LogP contribution >= 0.6 is 15.9 Å². The van der Waals surface area contributed by atoms with Gasteiger partial charge in [0.1, 0.15) is 0 Å². The summed E-state index contributed by atoms with van der Waals surface area (Å²) in [5.74, 6) is -1.33. The second kappa shape index (κ2) is 4.05. The van der Waals surface area contributed by atoms with Crippen LogP contribution in [0.5, 0.6) is 0 Å². The molecule has 0 bridgehead atoms. The third-order valence-electron chi connectivity index (χ3n) is 2.04. The highest BCUT2D eigenvalue weighted by Gasteiger charge is 2.15. The summed E-state index contributed by atoms with van der Waals surface area (Å²) in [6.45, 7) is 1.88. The van der Waals surface area contributed by atoms with Crippen molar-refractivity contribution in [1.29, 1.82) is 0 Å². The first-order chi connectivity index (χ1) is 7.58. The Morgan fingerprint density at radius 1 is 1.50 bits per heavy atom. The van der Waals surface area contributed by atoms with Gasteiger partial charge in [0.05, 0.1) is 0 Å². The zero-order valence-electron chi connectivity index (χ0n) is 8.27. The Morgan fingerprint density at radius 3 is 2.81 bits per heavy atom. The quantitative estimate of drug-likeness (QED) is 0.916. The van der Waals surface area contributed by atoms with E-state index in [9.17, 15) is 4.79 Å². The second-order valence-corrected chi connectivity index (χ2v) is 4.10. The van der Waals surface area contributed by atoms with E-state index in [1.807, 2.05) is 19.1 Å². The molecule has 5 nitrogen and oxygen atoms in total. The van der Waals surface area contributed by atoms with Gasteiger partial charge in [-0.3, -0.25) is 0 Å². The Labute approximate surface area is 99.2 Å². The van der Waals surface area contributed by atoms with E-state index in [0.29, 0.717) is 0 Å². The van der Waals surface area contributed by atoms with E-state index in [1.54, 1.807) is 6.07 Å². The average Bonchev–Trinajstić information content (AvgIpc) is 2.66. The summed E-state index contributed by atoms with van der Waals surface area (Å²) in [6, 6.07) is 5.51. The van der Waals surface area contributed by atoms with E-state index in [2.05, 4.69) is 26.1 Å². The normalized spacial score (nSPS) is 10.4. The summed E-state index contributed by atoms with van der Waals surface area (Å²) in [4.78, 5) is 14.4. The number of carbonyl (C=O) groups is 1. The molecule has 1 N–H and O–H groups in total. The lowest BCUT2D eigenvalue weighted by molar-refractivity contribution is 0.0680. The van der Waals surface area contributed by atoms with Crippen LogP contribution in [0.15, 0.2) is 27.2 Å². The molecule has 0 radical (unpaired) electrons. The molecule has 0 saturated carbocycles. The van der Waals surface area contributed by atoms with Gasteiger partial charge < -0.3 is 9.63 Å². The van der Waals surface area contributed by atoms with Crippen LogP contribution in [-0.4, -0.2) is 21.2 Å². The third-order valence-corrected chi connectivity index (χ3v) is 2.53. The molecular formula is C10H7BrN2O3. The molecule has 0 amide bonds. The standard InChI is InChI=1S/C10H7BrN2O3/c1-5-4-6(11)2-3-7(5)9-12-8(10(14)15)13-16-9/h2-4H,1H3,(H,14,15). The molecular weight excluding hydrogens is 276 g/mol. The van der Waals surface area contributed by atoms with Crippen molar-refractivity contribution in [3.05, 3.63) is 34.1 Å². The van der Waals surface area contributed by atoms with Gasteiger partial charge in [0.15, 0.2) is 0 Å².